The Morgan fingerprint density at radius 1 is 0.731 bits per heavy atom. The lowest BCUT2D eigenvalue weighted by Gasteiger charge is -2.28. The SMILES string of the molecule is CC1CC=CC=C1c1nc(-n2c3ccccc3c3cc(-c4ccccc4)ccc32)nc(C2(C)C=Cc3c(oc4cccc(-c5ccccc5)c34)C2)n1. The van der Waals surface area contributed by atoms with Crippen LogP contribution >= 0.6 is 0 Å². The van der Waals surface area contributed by atoms with E-state index in [1.807, 2.05) is 0 Å². The van der Waals surface area contributed by atoms with Crippen molar-refractivity contribution < 1.29 is 4.42 Å². The summed E-state index contributed by atoms with van der Waals surface area (Å²) in [4.78, 5) is 15.9. The molecular formula is C47H36N4O. The highest BCUT2D eigenvalue weighted by Crippen LogP contribution is 2.43. The first-order chi connectivity index (χ1) is 25.5. The molecular weight excluding hydrogens is 637 g/mol. The zero-order valence-electron chi connectivity index (χ0n) is 29.1. The number of allylic oxidation sites excluding steroid dienone is 5. The van der Waals surface area contributed by atoms with E-state index >= 15 is 0 Å². The van der Waals surface area contributed by atoms with Gasteiger partial charge in [-0.3, -0.25) is 4.57 Å². The summed E-state index contributed by atoms with van der Waals surface area (Å²) in [5, 5.41) is 3.47. The van der Waals surface area contributed by atoms with Crippen LogP contribution in [0.4, 0.5) is 0 Å². The largest absolute Gasteiger partial charge is 0.460 e. The van der Waals surface area contributed by atoms with Crippen molar-refractivity contribution in [2.45, 2.75) is 32.1 Å². The van der Waals surface area contributed by atoms with Gasteiger partial charge in [-0.1, -0.05) is 134 Å². The van der Waals surface area contributed by atoms with E-state index in [-0.39, 0.29) is 5.92 Å². The maximum atomic E-state index is 6.65. The molecule has 0 saturated carbocycles. The summed E-state index contributed by atoms with van der Waals surface area (Å²) in [5.74, 6) is 3.31. The number of rotatable bonds is 5. The van der Waals surface area contributed by atoms with E-state index in [4.69, 9.17) is 19.4 Å². The van der Waals surface area contributed by atoms with Crippen LogP contribution in [0.1, 0.15) is 43.2 Å². The van der Waals surface area contributed by atoms with Crippen molar-refractivity contribution in [2.75, 3.05) is 0 Å². The lowest BCUT2D eigenvalue weighted by molar-refractivity contribution is 0.457. The normalized spacial score (nSPS) is 18.3. The fraction of sp³-hybridized carbons (Fsp3) is 0.128. The number of furan rings is 1. The molecule has 2 atom stereocenters. The molecule has 250 valence electrons. The van der Waals surface area contributed by atoms with Crippen LogP contribution in [0, 0.1) is 5.92 Å². The number of benzene rings is 5. The third-order valence-electron chi connectivity index (χ3n) is 10.9. The molecule has 0 radical (unpaired) electrons. The second-order valence-electron chi connectivity index (χ2n) is 14.3. The topological polar surface area (TPSA) is 56.7 Å². The Morgan fingerprint density at radius 2 is 1.50 bits per heavy atom. The summed E-state index contributed by atoms with van der Waals surface area (Å²) in [6.45, 7) is 4.47. The lowest BCUT2D eigenvalue weighted by Crippen LogP contribution is -2.29. The molecule has 0 spiro atoms. The predicted octanol–water partition coefficient (Wildman–Crippen LogP) is 11.6. The van der Waals surface area contributed by atoms with Gasteiger partial charge in [0.05, 0.1) is 16.4 Å². The summed E-state index contributed by atoms with van der Waals surface area (Å²) in [6.07, 6.45) is 12.6. The Hall–Kier alpha value is -6.33. The van der Waals surface area contributed by atoms with Crippen LogP contribution in [0.25, 0.3) is 72.6 Å². The van der Waals surface area contributed by atoms with Gasteiger partial charge in [0.15, 0.2) is 5.82 Å². The highest BCUT2D eigenvalue weighted by atomic mass is 16.3. The van der Waals surface area contributed by atoms with Crippen LogP contribution < -0.4 is 0 Å². The maximum absolute atomic E-state index is 6.65. The van der Waals surface area contributed by atoms with E-state index in [1.54, 1.807) is 0 Å². The lowest BCUT2D eigenvalue weighted by atomic mass is 9.79. The molecule has 2 unspecified atom stereocenters. The fourth-order valence-corrected chi connectivity index (χ4v) is 8.09. The first kappa shape index (κ1) is 30.5. The van der Waals surface area contributed by atoms with Crippen LogP contribution in [0.5, 0.6) is 0 Å². The van der Waals surface area contributed by atoms with Crippen LogP contribution in [-0.4, -0.2) is 19.5 Å². The van der Waals surface area contributed by atoms with Crippen molar-refractivity contribution in [3.8, 4) is 28.2 Å². The number of nitrogens with zero attached hydrogens (tertiary/aromatic N) is 4. The first-order valence-corrected chi connectivity index (χ1v) is 18.1. The second kappa shape index (κ2) is 11.9. The molecule has 52 heavy (non-hydrogen) atoms. The number of para-hydroxylation sites is 1. The molecule has 8 aromatic rings. The molecule has 2 aliphatic carbocycles. The minimum absolute atomic E-state index is 0.285. The Balaban J connectivity index is 1.16. The van der Waals surface area contributed by atoms with E-state index in [9.17, 15) is 0 Å². The van der Waals surface area contributed by atoms with E-state index in [0.29, 0.717) is 12.4 Å². The molecule has 0 aliphatic heterocycles. The predicted molar refractivity (Wildman–Crippen MR) is 212 cm³/mol. The van der Waals surface area contributed by atoms with E-state index in [2.05, 4.69) is 170 Å². The van der Waals surface area contributed by atoms with Crippen molar-refractivity contribution >= 4 is 44.4 Å². The van der Waals surface area contributed by atoms with E-state index < -0.39 is 5.41 Å². The summed E-state index contributed by atoms with van der Waals surface area (Å²) < 4.78 is 8.87. The zero-order valence-corrected chi connectivity index (χ0v) is 29.1. The van der Waals surface area contributed by atoms with Crippen molar-refractivity contribution in [1.82, 2.24) is 19.5 Å². The third kappa shape index (κ3) is 4.88. The molecule has 3 heterocycles. The highest BCUT2D eigenvalue weighted by molar-refractivity contribution is 6.10. The van der Waals surface area contributed by atoms with Gasteiger partial charge in [0.1, 0.15) is 17.2 Å². The molecule has 0 fully saturated rings. The molecule has 2 aliphatic rings. The third-order valence-corrected chi connectivity index (χ3v) is 10.9. The van der Waals surface area contributed by atoms with Crippen LogP contribution in [0.3, 0.4) is 0 Å². The van der Waals surface area contributed by atoms with Gasteiger partial charge in [-0.05, 0) is 65.8 Å². The highest BCUT2D eigenvalue weighted by Gasteiger charge is 2.36. The standard InChI is InChI=1S/C47H36N4O/c1-30-14-9-10-19-34(30)44-48-45(47(2)27-26-37-42(29-47)52-41-23-13-21-35(43(37)41)32-17-7-4-8-18-32)50-46(49-44)51-39-22-12-11-20-36(39)38-28-33(24-25-40(38)51)31-15-5-3-6-16-31/h3-13,15-28,30H,14,29H2,1-2H3. The summed E-state index contributed by atoms with van der Waals surface area (Å²) in [6, 6.07) is 42.7. The van der Waals surface area contributed by atoms with E-state index in [1.165, 1.54) is 27.6 Å². The van der Waals surface area contributed by atoms with Gasteiger partial charge < -0.3 is 4.42 Å². The Kier molecular flexibility index (Phi) is 6.97. The molecule has 0 bridgehead atoms. The summed E-state index contributed by atoms with van der Waals surface area (Å²) in [5.41, 5.74) is 9.46. The van der Waals surface area contributed by atoms with Crippen molar-refractivity contribution in [3.63, 3.8) is 0 Å². The molecule has 0 amide bonds. The van der Waals surface area contributed by atoms with Gasteiger partial charge in [-0.15, -0.1) is 0 Å². The molecule has 10 rings (SSSR count). The Bertz CT molecular complexity index is 2770. The van der Waals surface area contributed by atoms with Gasteiger partial charge in [-0.2, -0.15) is 9.97 Å². The zero-order chi connectivity index (χ0) is 34.8. The van der Waals surface area contributed by atoms with Crippen LogP contribution in [0.15, 0.2) is 150 Å². The Morgan fingerprint density at radius 3 is 2.33 bits per heavy atom. The monoisotopic (exact) mass is 672 g/mol. The molecule has 5 nitrogen and oxygen atoms in total. The van der Waals surface area contributed by atoms with Crippen molar-refractivity contribution in [1.29, 1.82) is 0 Å². The summed E-state index contributed by atoms with van der Waals surface area (Å²) in [7, 11) is 0. The molecule has 0 N–H and O–H groups in total. The van der Waals surface area contributed by atoms with Gasteiger partial charge in [0, 0.05) is 33.7 Å². The average molecular weight is 673 g/mol. The number of hydrogen-bond donors (Lipinski definition) is 0. The van der Waals surface area contributed by atoms with E-state index in [0.717, 1.165) is 62.4 Å². The summed E-state index contributed by atoms with van der Waals surface area (Å²) >= 11 is 0. The van der Waals surface area contributed by atoms with Crippen LogP contribution in [0.2, 0.25) is 0 Å². The first-order valence-electron chi connectivity index (χ1n) is 18.1. The minimum atomic E-state index is -0.534. The van der Waals surface area contributed by atoms with Crippen molar-refractivity contribution in [2.24, 2.45) is 5.92 Å². The fourth-order valence-electron chi connectivity index (χ4n) is 8.09. The quantitative estimate of drug-likeness (QED) is 0.183. The number of fused-ring (bicyclic) bond motifs is 6. The molecule has 5 aromatic carbocycles. The second-order valence-corrected chi connectivity index (χ2v) is 14.3. The molecule has 5 heteroatoms. The van der Waals surface area contributed by atoms with Crippen molar-refractivity contribution in [3.05, 3.63) is 169 Å². The van der Waals surface area contributed by atoms with Gasteiger partial charge in [0.25, 0.3) is 0 Å². The molecule has 0 saturated heterocycles. The average Bonchev–Trinajstić information content (AvgIpc) is 3.73. The number of hydrogen-bond acceptors (Lipinski definition) is 4. The molecule has 3 aromatic heterocycles. The van der Waals surface area contributed by atoms with Gasteiger partial charge >= 0.3 is 0 Å². The Labute approximate surface area is 302 Å². The van der Waals surface area contributed by atoms with Gasteiger partial charge in [-0.25, -0.2) is 4.98 Å². The smallest absolute Gasteiger partial charge is 0.238 e. The minimum Gasteiger partial charge on any atom is -0.460 e. The maximum Gasteiger partial charge on any atom is 0.238 e. The number of aromatic nitrogens is 4. The van der Waals surface area contributed by atoms with Crippen LogP contribution in [-0.2, 0) is 11.8 Å². The van der Waals surface area contributed by atoms with Gasteiger partial charge in [0.2, 0.25) is 5.95 Å².